The minimum absolute atomic E-state index is 0.0107. The van der Waals surface area contributed by atoms with Gasteiger partial charge in [0.25, 0.3) is 5.91 Å². The van der Waals surface area contributed by atoms with Gasteiger partial charge in [0.15, 0.2) is 0 Å². The number of anilines is 1. The van der Waals surface area contributed by atoms with Crippen molar-refractivity contribution in [3.63, 3.8) is 0 Å². The summed E-state index contributed by atoms with van der Waals surface area (Å²) in [5.74, 6) is 0.910. The van der Waals surface area contributed by atoms with Gasteiger partial charge in [0.05, 0.1) is 6.10 Å². The Hall–Kier alpha value is -1.55. The van der Waals surface area contributed by atoms with Gasteiger partial charge >= 0.3 is 0 Å². The Morgan fingerprint density at radius 1 is 1.16 bits per heavy atom. The van der Waals surface area contributed by atoms with Crippen molar-refractivity contribution in [1.82, 2.24) is 0 Å². The lowest BCUT2D eigenvalue weighted by Gasteiger charge is -2.35. The fourth-order valence-electron chi connectivity index (χ4n) is 3.57. The number of amides is 1. The van der Waals surface area contributed by atoms with Gasteiger partial charge in [-0.25, -0.2) is 0 Å². The van der Waals surface area contributed by atoms with Gasteiger partial charge in [-0.1, -0.05) is 26.2 Å². The van der Waals surface area contributed by atoms with Gasteiger partial charge in [-0.2, -0.15) is 0 Å². The van der Waals surface area contributed by atoms with E-state index in [0.29, 0.717) is 6.61 Å². The van der Waals surface area contributed by atoms with E-state index in [9.17, 15) is 4.79 Å². The molecule has 4 heteroatoms. The SMILES string of the molecule is CCOC1(C(=O)Nc2cc(C)c(O[C@H](C)CC)c(C)c2)CCCCC1. The minimum Gasteiger partial charge on any atom is -0.490 e. The molecule has 1 saturated carbocycles. The quantitative estimate of drug-likeness (QED) is 0.741. The zero-order valence-electron chi connectivity index (χ0n) is 16.4. The molecule has 25 heavy (non-hydrogen) atoms. The Kier molecular flexibility index (Phi) is 6.88. The molecule has 4 nitrogen and oxygen atoms in total. The van der Waals surface area contributed by atoms with Crippen molar-refractivity contribution in [2.45, 2.75) is 84.8 Å². The van der Waals surface area contributed by atoms with Crippen LogP contribution in [-0.2, 0) is 9.53 Å². The Morgan fingerprint density at radius 3 is 2.28 bits per heavy atom. The number of ether oxygens (including phenoxy) is 2. The Bertz CT molecular complexity index is 562. The lowest BCUT2D eigenvalue weighted by molar-refractivity contribution is -0.145. The maximum atomic E-state index is 12.9. The number of nitrogens with one attached hydrogen (secondary N) is 1. The van der Waals surface area contributed by atoms with Crippen molar-refractivity contribution in [3.8, 4) is 5.75 Å². The molecule has 1 fully saturated rings. The summed E-state index contributed by atoms with van der Waals surface area (Å²) in [6.45, 7) is 10.8. The van der Waals surface area contributed by atoms with Crippen LogP contribution in [0.3, 0.4) is 0 Å². The summed E-state index contributed by atoms with van der Waals surface area (Å²) in [5.41, 5.74) is 2.25. The third-order valence-corrected chi connectivity index (χ3v) is 5.11. The number of hydrogen-bond acceptors (Lipinski definition) is 3. The van der Waals surface area contributed by atoms with Crippen LogP contribution in [0, 0.1) is 13.8 Å². The number of carbonyl (C=O) groups is 1. The first-order valence-electron chi connectivity index (χ1n) is 9.65. The number of aryl methyl sites for hydroxylation is 2. The summed E-state index contributed by atoms with van der Waals surface area (Å²) in [6, 6.07) is 3.98. The summed E-state index contributed by atoms with van der Waals surface area (Å²) in [7, 11) is 0. The third kappa shape index (κ3) is 4.75. The zero-order chi connectivity index (χ0) is 18.4. The van der Waals surface area contributed by atoms with E-state index in [-0.39, 0.29) is 12.0 Å². The molecule has 1 atom stereocenters. The molecule has 2 rings (SSSR count). The van der Waals surface area contributed by atoms with Gasteiger partial charge in [-0.05, 0) is 70.2 Å². The van der Waals surface area contributed by atoms with Crippen molar-refractivity contribution in [3.05, 3.63) is 23.3 Å². The maximum absolute atomic E-state index is 12.9. The van der Waals surface area contributed by atoms with E-state index in [1.165, 1.54) is 6.42 Å². The molecule has 0 radical (unpaired) electrons. The van der Waals surface area contributed by atoms with E-state index in [1.807, 2.05) is 32.9 Å². The van der Waals surface area contributed by atoms with Crippen LogP contribution in [0.1, 0.15) is 70.4 Å². The molecule has 1 amide bonds. The van der Waals surface area contributed by atoms with E-state index in [1.54, 1.807) is 0 Å². The van der Waals surface area contributed by atoms with Crippen LogP contribution < -0.4 is 10.1 Å². The van der Waals surface area contributed by atoms with Gasteiger partial charge in [0, 0.05) is 12.3 Å². The average Bonchev–Trinajstić information content (AvgIpc) is 2.59. The smallest absolute Gasteiger partial charge is 0.256 e. The number of rotatable bonds is 7. The van der Waals surface area contributed by atoms with E-state index in [4.69, 9.17) is 9.47 Å². The van der Waals surface area contributed by atoms with Crippen molar-refractivity contribution < 1.29 is 14.3 Å². The van der Waals surface area contributed by atoms with Crippen LogP contribution in [0.15, 0.2) is 12.1 Å². The van der Waals surface area contributed by atoms with Crippen LogP contribution in [-0.4, -0.2) is 24.2 Å². The fourth-order valence-corrected chi connectivity index (χ4v) is 3.57. The molecule has 1 aliphatic rings. The predicted octanol–water partition coefficient (Wildman–Crippen LogP) is 5.16. The molecular weight excluding hydrogens is 314 g/mol. The van der Waals surface area contributed by atoms with Crippen LogP contribution in [0.5, 0.6) is 5.75 Å². The minimum atomic E-state index is -0.666. The van der Waals surface area contributed by atoms with Gasteiger partial charge in [-0.3, -0.25) is 4.79 Å². The second kappa shape index (κ2) is 8.70. The highest BCUT2D eigenvalue weighted by Gasteiger charge is 2.40. The molecule has 0 unspecified atom stereocenters. The number of benzene rings is 1. The van der Waals surface area contributed by atoms with Gasteiger partial charge in [0.1, 0.15) is 11.4 Å². The fraction of sp³-hybridized carbons (Fsp3) is 0.667. The summed E-state index contributed by atoms with van der Waals surface area (Å²) in [4.78, 5) is 12.9. The van der Waals surface area contributed by atoms with Crippen molar-refractivity contribution in [1.29, 1.82) is 0 Å². The highest BCUT2D eigenvalue weighted by atomic mass is 16.5. The molecule has 0 saturated heterocycles. The number of carbonyl (C=O) groups excluding carboxylic acids is 1. The second-order valence-electron chi connectivity index (χ2n) is 7.22. The summed E-state index contributed by atoms with van der Waals surface area (Å²) in [5, 5.41) is 3.09. The van der Waals surface area contributed by atoms with E-state index in [0.717, 1.165) is 54.7 Å². The first-order chi connectivity index (χ1) is 11.9. The van der Waals surface area contributed by atoms with Gasteiger partial charge in [-0.15, -0.1) is 0 Å². The van der Waals surface area contributed by atoms with E-state index in [2.05, 4.69) is 19.2 Å². The lowest BCUT2D eigenvalue weighted by atomic mass is 9.83. The highest BCUT2D eigenvalue weighted by Crippen LogP contribution is 2.34. The van der Waals surface area contributed by atoms with Crippen molar-refractivity contribution in [2.75, 3.05) is 11.9 Å². The van der Waals surface area contributed by atoms with Crippen molar-refractivity contribution >= 4 is 11.6 Å². The topological polar surface area (TPSA) is 47.6 Å². The lowest BCUT2D eigenvalue weighted by Crippen LogP contribution is -2.47. The third-order valence-electron chi connectivity index (χ3n) is 5.11. The molecule has 1 aromatic rings. The second-order valence-corrected chi connectivity index (χ2v) is 7.22. The highest BCUT2D eigenvalue weighted by molar-refractivity contribution is 5.97. The van der Waals surface area contributed by atoms with Crippen LogP contribution in [0.25, 0.3) is 0 Å². The Balaban J connectivity index is 2.17. The summed E-state index contributed by atoms with van der Waals surface area (Å²) < 4.78 is 11.9. The average molecular weight is 347 g/mol. The molecular formula is C21H33NO3. The van der Waals surface area contributed by atoms with Crippen molar-refractivity contribution in [2.24, 2.45) is 0 Å². The van der Waals surface area contributed by atoms with E-state index < -0.39 is 5.60 Å². The molecule has 0 aromatic heterocycles. The van der Waals surface area contributed by atoms with Gasteiger partial charge < -0.3 is 14.8 Å². The number of hydrogen-bond donors (Lipinski definition) is 1. The monoisotopic (exact) mass is 347 g/mol. The summed E-state index contributed by atoms with van der Waals surface area (Å²) in [6.07, 6.45) is 6.04. The van der Waals surface area contributed by atoms with Crippen LogP contribution in [0.2, 0.25) is 0 Å². The molecule has 0 aliphatic heterocycles. The first kappa shape index (κ1) is 19.8. The molecule has 1 aliphatic carbocycles. The van der Waals surface area contributed by atoms with Crippen LogP contribution >= 0.6 is 0 Å². The molecule has 0 spiro atoms. The van der Waals surface area contributed by atoms with E-state index >= 15 is 0 Å². The molecule has 0 bridgehead atoms. The molecule has 140 valence electrons. The van der Waals surface area contributed by atoms with Gasteiger partial charge in [0.2, 0.25) is 0 Å². The van der Waals surface area contributed by atoms with Crippen LogP contribution in [0.4, 0.5) is 5.69 Å². The standard InChI is InChI=1S/C21H33NO3/c1-6-17(5)25-19-15(3)13-18(14-16(19)4)22-20(23)21(24-7-2)11-9-8-10-12-21/h13-14,17H,6-12H2,1-5H3,(H,22,23)/t17-/m1/s1. The zero-order valence-corrected chi connectivity index (χ0v) is 16.4. The largest absolute Gasteiger partial charge is 0.490 e. The Labute approximate surface area is 152 Å². The molecule has 0 heterocycles. The predicted molar refractivity (Wildman–Crippen MR) is 102 cm³/mol. The maximum Gasteiger partial charge on any atom is 0.256 e. The normalized spacial score (nSPS) is 17.8. The molecule has 1 N–H and O–H groups in total. The Morgan fingerprint density at radius 2 is 1.76 bits per heavy atom. The first-order valence-corrected chi connectivity index (χ1v) is 9.65. The molecule has 1 aromatic carbocycles. The summed E-state index contributed by atoms with van der Waals surface area (Å²) >= 11 is 0.